The number of benzene rings is 1. The number of esters is 1. The maximum absolute atomic E-state index is 11.9. The van der Waals surface area contributed by atoms with Crippen molar-refractivity contribution in [1.82, 2.24) is 0 Å². The monoisotopic (exact) mass is 306 g/mol. The summed E-state index contributed by atoms with van der Waals surface area (Å²) in [7, 11) is 0. The predicted octanol–water partition coefficient (Wildman–Crippen LogP) is 3.94. The lowest BCUT2D eigenvalue weighted by Gasteiger charge is -2.24. The number of carbonyl (C=O) groups is 1. The molecule has 0 saturated carbocycles. The van der Waals surface area contributed by atoms with Crippen molar-refractivity contribution >= 4 is 29.0 Å². The highest BCUT2D eigenvalue weighted by Gasteiger charge is 2.21. The van der Waals surface area contributed by atoms with Gasteiger partial charge in [0.25, 0.3) is 0 Å². The molecule has 2 rings (SSSR count). The minimum absolute atomic E-state index is 0.349. The van der Waals surface area contributed by atoms with E-state index in [-0.39, 0.29) is 5.97 Å². The molecule has 1 aromatic rings. The molecule has 1 aromatic carbocycles. The lowest BCUT2D eigenvalue weighted by atomic mass is 10.1. The number of hydrogen-bond acceptors (Lipinski definition) is 4. The van der Waals surface area contributed by atoms with Gasteiger partial charge in [0.1, 0.15) is 0 Å². The maximum Gasteiger partial charge on any atom is 0.354 e. The van der Waals surface area contributed by atoms with Crippen molar-refractivity contribution in [3.63, 3.8) is 0 Å². The van der Waals surface area contributed by atoms with Crippen molar-refractivity contribution in [3.05, 3.63) is 40.6 Å². The van der Waals surface area contributed by atoms with Crippen LogP contribution < -0.4 is 5.01 Å². The fourth-order valence-corrected chi connectivity index (χ4v) is 2.42. The molecule has 0 spiro atoms. The van der Waals surface area contributed by atoms with E-state index in [2.05, 4.69) is 12.0 Å². The van der Waals surface area contributed by atoms with Crippen LogP contribution in [0, 0.1) is 0 Å². The molecule has 0 bridgehead atoms. The SMILES string of the molecule is CCOC(=O)C1=NN(c2ccc(Cl)cc2CC)C=C(C)C1. The molecule has 1 heterocycles. The van der Waals surface area contributed by atoms with E-state index in [1.54, 1.807) is 11.9 Å². The van der Waals surface area contributed by atoms with Gasteiger partial charge in [-0.15, -0.1) is 0 Å². The number of hydrogen-bond donors (Lipinski definition) is 0. The molecule has 0 aliphatic carbocycles. The number of carbonyl (C=O) groups excluding carboxylic acids is 1. The Morgan fingerprint density at radius 1 is 1.43 bits per heavy atom. The van der Waals surface area contributed by atoms with E-state index in [9.17, 15) is 4.79 Å². The zero-order valence-electron chi connectivity index (χ0n) is 12.5. The molecule has 0 atom stereocenters. The van der Waals surface area contributed by atoms with Crippen molar-refractivity contribution < 1.29 is 9.53 Å². The van der Waals surface area contributed by atoms with Crippen LogP contribution >= 0.6 is 11.6 Å². The predicted molar refractivity (Wildman–Crippen MR) is 85.8 cm³/mol. The third-order valence-electron chi connectivity index (χ3n) is 3.20. The first-order valence-corrected chi connectivity index (χ1v) is 7.42. The van der Waals surface area contributed by atoms with Crippen molar-refractivity contribution in [2.24, 2.45) is 5.10 Å². The summed E-state index contributed by atoms with van der Waals surface area (Å²) < 4.78 is 5.04. The van der Waals surface area contributed by atoms with Crippen molar-refractivity contribution in [2.45, 2.75) is 33.6 Å². The largest absolute Gasteiger partial charge is 0.461 e. The third kappa shape index (κ3) is 3.64. The van der Waals surface area contributed by atoms with Crippen LogP contribution in [-0.2, 0) is 16.0 Å². The second kappa shape index (κ2) is 6.76. The smallest absolute Gasteiger partial charge is 0.354 e. The Balaban J connectivity index is 2.37. The number of aryl methyl sites for hydroxylation is 1. The molecule has 0 unspecified atom stereocenters. The molecule has 0 amide bonds. The number of halogens is 1. The van der Waals surface area contributed by atoms with Crippen molar-refractivity contribution in [1.29, 1.82) is 0 Å². The van der Waals surface area contributed by atoms with E-state index in [1.807, 2.05) is 31.3 Å². The summed E-state index contributed by atoms with van der Waals surface area (Å²) in [5, 5.41) is 6.85. The second-order valence-corrected chi connectivity index (χ2v) is 5.33. The fourth-order valence-electron chi connectivity index (χ4n) is 2.22. The quantitative estimate of drug-likeness (QED) is 0.791. The molecule has 0 saturated heterocycles. The van der Waals surface area contributed by atoms with E-state index in [0.29, 0.717) is 23.8 Å². The Labute approximate surface area is 130 Å². The van der Waals surface area contributed by atoms with Crippen LogP contribution in [0.15, 0.2) is 35.1 Å². The molecule has 1 aliphatic heterocycles. The van der Waals surface area contributed by atoms with Crippen LogP contribution in [-0.4, -0.2) is 18.3 Å². The van der Waals surface area contributed by atoms with E-state index >= 15 is 0 Å². The molecule has 0 aromatic heterocycles. The van der Waals surface area contributed by atoms with Crippen molar-refractivity contribution in [2.75, 3.05) is 11.6 Å². The summed E-state index contributed by atoms with van der Waals surface area (Å²) in [5.41, 5.74) is 3.50. The third-order valence-corrected chi connectivity index (χ3v) is 3.43. The summed E-state index contributed by atoms with van der Waals surface area (Å²) in [5.74, 6) is -0.359. The van der Waals surface area contributed by atoms with E-state index < -0.39 is 0 Å². The van der Waals surface area contributed by atoms with Gasteiger partial charge in [-0.2, -0.15) is 5.10 Å². The molecular formula is C16H19ClN2O2. The van der Waals surface area contributed by atoms with Gasteiger partial charge in [-0.3, -0.25) is 0 Å². The van der Waals surface area contributed by atoms with Gasteiger partial charge in [0.15, 0.2) is 5.71 Å². The zero-order chi connectivity index (χ0) is 15.4. The first-order chi connectivity index (χ1) is 10.0. The molecule has 1 aliphatic rings. The minimum Gasteiger partial charge on any atom is -0.461 e. The molecular weight excluding hydrogens is 288 g/mol. The normalized spacial score (nSPS) is 14.6. The summed E-state index contributed by atoms with van der Waals surface area (Å²) >= 11 is 6.04. The Morgan fingerprint density at radius 2 is 2.19 bits per heavy atom. The zero-order valence-corrected chi connectivity index (χ0v) is 13.3. The standard InChI is InChI=1S/C16H19ClN2O2/c1-4-12-9-13(17)6-7-15(12)19-10-11(3)8-14(18-19)16(20)21-5-2/h6-7,9-10H,4-5,8H2,1-3H3. The highest BCUT2D eigenvalue weighted by Crippen LogP contribution is 2.28. The van der Waals surface area contributed by atoms with Gasteiger partial charge >= 0.3 is 5.97 Å². The molecule has 21 heavy (non-hydrogen) atoms. The second-order valence-electron chi connectivity index (χ2n) is 4.89. The van der Waals surface area contributed by atoms with Crippen LogP contribution in [0.4, 0.5) is 5.69 Å². The summed E-state index contributed by atoms with van der Waals surface area (Å²) in [6, 6.07) is 5.67. The number of hydrazone groups is 1. The lowest BCUT2D eigenvalue weighted by molar-refractivity contribution is -0.135. The van der Waals surface area contributed by atoms with Crippen molar-refractivity contribution in [3.8, 4) is 0 Å². The van der Waals surface area contributed by atoms with Crippen LogP contribution in [0.3, 0.4) is 0 Å². The summed E-state index contributed by atoms with van der Waals surface area (Å²) in [4.78, 5) is 11.9. The Kier molecular flexibility index (Phi) is 5.02. The topological polar surface area (TPSA) is 41.9 Å². The summed E-state index contributed by atoms with van der Waals surface area (Å²) in [6.45, 7) is 6.17. The van der Waals surface area contributed by atoms with Gasteiger partial charge in [0.2, 0.25) is 0 Å². The lowest BCUT2D eigenvalue weighted by Crippen LogP contribution is -2.26. The fraction of sp³-hybridized carbons (Fsp3) is 0.375. The minimum atomic E-state index is -0.359. The van der Waals surface area contributed by atoms with Gasteiger partial charge in [-0.05, 0) is 49.6 Å². The van der Waals surface area contributed by atoms with Gasteiger partial charge in [0.05, 0.1) is 12.3 Å². The highest BCUT2D eigenvalue weighted by molar-refractivity contribution is 6.37. The molecule has 0 N–H and O–H groups in total. The molecule has 112 valence electrons. The number of anilines is 1. The van der Waals surface area contributed by atoms with Gasteiger partial charge in [0, 0.05) is 17.6 Å². The number of rotatable bonds is 4. The Bertz CT molecular complexity index is 608. The first-order valence-electron chi connectivity index (χ1n) is 7.04. The van der Waals surface area contributed by atoms with E-state index in [1.165, 1.54) is 0 Å². The molecule has 5 heteroatoms. The molecule has 0 fully saturated rings. The number of allylic oxidation sites excluding steroid dienone is 1. The Morgan fingerprint density at radius 3 is 2.86 bits per heavy atom. The van der Waals surface area contributed by atoms with Gasteiger partial charge < -0.3 is 4.74 Å². The van der Waals surface area contributed by atoms with Gasteiger partial charge in [-0.1, -0.05) is 18.5 Å². The highest BCUT2D eigenvalue weighted by atomic mass is 35.5. The van der Waals surface area contributed by atoms with Crippen LogP contribution in [0.1, 0.15) is 32.8 Å². The average molecular weight is 307 g/mol. The number of ether oxygens (including phenoxy) is 1. The average Bonchev–Trinajstić information content (AvgIpc) is 2.46. The van der Waals surface area contributed by atoms with Crippen LogP contribution in [0.2, 0.25) is 5.02 Å². The number of nitrogens with zero attached hydrogens (tertiary/aromatic N) is 2. The van der Waals surface area contributed by atoms with Gasteiger partial charge in [-0.25, -0.2) is 9.80 Å². The molecule has 4 nitrogen and oxygen atoms in total. The van der Waals surface area contributed by atoms with Crippen LogP contribution in [0.25, 0.3) is 0 Å². The first kappa shape index (κ1) is 15.6. The summed E-state index contributed by atoms with van der Waals surface area (Å²) in [6.07, 6.45) is 3.29. The molecule has 0 radical (unpaired) electrons. The van der Waals surface area contributed by atoms with E-state index in [4.69, 9.17) is 16.3 Å². The van der Waals surface area contributed by atoms with E-state index in [0.717, 1.165) is 23.2 Å². The van der Waals surface area contributed by atoms with Crippen LogP contribution in [0.5, 0.6) is 0 Å². The Hall–Kier alpha value is -1.81. The maximum atomic E-state index is 11.9.